The summed E-state index contributed by atoms with van der Waals surface area (Å²) in [5.74, 6) is 2.24. The highest BCUT2D eigenvalue weighted by Gasteiger charge is 2.00. The highest BCUT2D eigenvalue weighted by molar-refractivity contribution is 14.1. The summed E-state index contributed by atoms with van der Waals surface area (Å²) in [5, 5.41) is 6.49. The zero-order valence-corrected chi connectivity index (χ0v) is 15.8. The molecule has 0 aliphatic heterocycles. The molecule has 0 aliphatic rings. The molecule has 1 aromatic heterocycles. The monoisotopic (exact) mass is 446 g/mol. The van der Waals surface area contributed by atoms with Crippen LogP contribution in [-0.4, -0.2) is 23.1 Å². The Morgan fingerprint density at radius 2 is 1.84 bits per heavy atom. The third-order valence-corrected chi connectivity index (χ3v) is 4.09. The van der Waals surface area contributed by atoms with Crippen molar-refractivity contribution in [2.45, 2.75) is 6.54 Å². The summed E-state index contributed by atoms with van der Waals surface area (Å²) in [4.78, 5) is 8.70. The van der Waals surface area contributed by atoms with Gasteiger partial charge in [0, 0.05) is 16.3 Å². The second-order valence-electron chi connectivity index (χ2n) is 5.34. The summed E-state index contributed by atoms with van der Waals surface area (Å²) in [6, 6.07) is 20.0. The molecule has 0 bridgehead atoms. The van der Waals surface area contributed by atoms with Crippen LogP contribution in [0.25, 0.3) is 0 Å². The quantitative estimate of drug-likeness (QED) is 0.402. The van der Waals surface area contributed by atoms with E-state index < -0.39 is 0 Å². The Morgan fingerprint density at radius 1 is 0.960 bits per heavy atom. The van der Waals surface area contributed by atoms with E-state index in [1.165, 1.54) is 9.13 Å². The van der Waals surface area contributed by atoms with E-state index in [9.17, 15) is 0 Å². The van der Waals surface area contributed by atoms with Gasteiger partial charge in [-0.1, -0.05) is 30.3 Å². The Kier molecular flexibility index (Phi) is 6.44. The average Bonchev–Trinajstić information content (AvgIpc) is 2.65. The Hall–Kier alpha value is -2.35. The fourth-order valence-electron chi connectivity index (χ4n) is 2.23. The minimum atomic E-state index is 0.549. The van der Waals surface area contributed by atoms with Gasteiger partial charge in [0.15, 0.2) is 0 Å². The number of rotatable bonds is 8. The lowest BCUT2D eigenvalue weighted by Gasteiger charge is -2.09. The first-order chi connectivity index (χ1) is 12.3. The SMILES string of the molecule is Ic1cccc(CNc2ccnc(NCCOc3ccccc3)n2)c1. The van der Waals surface area contributed by atoms with Gasteiger partial charge in [-0.2, -0.15) is 4.98 Å². The van der Waals surface area contributed by atoms with Gasteiger partial charge >= 0.3 is 0 Å². The van der Waals surface area contributed by atoms with Gasteiger partial charge in [0.05, 0.1) is 6.54 Å². The normalized spacial score (nSPS) is 10.3. The van der Waals surface area contributed by atoms with Gasteiger partial charge < -0.3 is 15.4 Å². The van der Waals surface area contributed by atoms with Gasteiger partial charge in [0.2, 0.25) is 5.95 Å². The number of nitrogens with one attached hydrogen (secondary N) is 2. The van der Waals surface area contributed by atoms with Crippen LogP contribution >= 0.6 is 22.6 Å². The molecule has 128 valence electrons. The molecule has 6 heteroatoms. The molecule has 0 saturated heterocycles. The van der Waals surface area contributed by atoms with Crippen LogP contribution in [0.5, 0.6) is 5.75 Å². The molecular weight excluding hydrogens is 427 g/mol. The van der Waals surface area contributed by atoms with Crippen molar-refractivity contribution in [3.8, 4) is 5.75 Å². The van der Waals surface area contributed by atoms with Crippen molar-refractivity contribution >= 4 is 34.4 Å². The average molecular weight is 446 g/mol. The topological polar surface area (TPSA) is 59.1 Å². The predicted molar refractivity (Wildman–Crippen MR) is 109 cm³/mol. The van der Waals surface area contributed by atoms with Gasteiger partial charge in [0.25, 0.3) is 0 Å². The zero-order valence-electron chi connectivity index (χ0n) is 13.7. The molecule has 25 heavy (non-hydrogen) atoms. The Labute approximate surface area is 161 Å². The molecule has 0 atom stereocenters. The Morgan fingerprint density at radius 3 is 2.68 bits per heavy atom. The molecule has 1 heterocycles. The highest BCUT2D eigenvalue weighted by atomic mass is 127. The lowest BCUT2D eigenvalue weighted by atomic mass is 10.2. The second kappa shape index (κ2) is 9.22. The summed E-state index contributed by atoms with van der Waals surface area (Å²) in [6.07, 6.45) is 1.74. The van der Waals surface area contributed by atoms with E-state index in [2.05, 4.69) is 67.5 Å². The fourth-order valence-corrected chi connectivity index (χ4v) is 2.84. The molecule has 5 nitrogen and oxygen atoms in total. The van der Waals surface area contributed by atoms with Gasteiger partial charge in [-0.3, -0.25) is 0 Å². The van der Waals surface area contributed by atoms with Crippen LogP contribution in [-0.2, 0) is 6.54 Å². The second-order valence-corrected chi connectivity index (χ2v) is 6.58. The van der Waals surface area contributed by atoms with Gasteiger partial charge in [-0.25, -0.2) is 4.98 Å². The third kappa shape index (κ3) is 5.90. The minimum Gasteiger partial charge on any atom is -0.492 e. The van der Waals surface area contributed by atoms with E-state index in [-0.39, 0.29) is 0 Å². The number of hydrogen-bond donors (Lipinski definition) is 2. The van der Waals surface area contributed by atoms with Crippen LogP contribution < -0.4 is 15.4 Å². The summed E-state index contributed by atoms with van der Waals surface area (Å²) >= 11 is 2.31. The van der Waals surface area contributed by atoms with E-state index in [1.54, 1.807) is 6.20 Å². The lowest BCUT2D eigenvalue weighted by molar-refractivity contribution is 0.332. The molecule has 0 aliphatic carbocycles. The molecule has 0 fully saturated rings. The maximum absolute atomic E-state index is 5.64. The molecule has 0 saturated carbocycles. The molecule has 0 amide bonds. The number of para-hydroxylation sites is 1. The van der Waals surface area contributed by atoms with Gasteiger partial charge in [0.1, 0.15) is 18.2 Å². The van der Waals surface area contributed by atoms with E-state index >= 15 is 0 Å². The summed E-state index contributed by atoms with van der Waals surface area (Å²) in [7, 11) is 0. The zero-order chi connectivity index (χ0) is 17.3. The van der Waals surface area contributed by atoms with Crippen molar-refractivity contribution < 1.29 is 4.74 Å². The van der Waals surface area contributed by atoms with Crippen molar-refractivity contribution in [3.63, 3.8) is 0 Å². The number of aromatic nitrogens is 2. The summed E-state index contributed by atoms with van der Waals surface area (Å²) in [5.41, 5.74) is 1.22. The molecule has 0 spiro atoms. The largest absolute Gasteiger partial charge is 0.492 e. The van der Waals surface area contributed by atoms with Crippen molar-refractivity contribution in [1.82, 2.24) is 9.97 Å². The smallest absolute Gasteiger partial charge is 0.224 e. The highest BCUT2D eigenvalue weighted by Crippen LogP contribution is 2.11. The first kappa shape index (κ1) is 17.5. The number of benzene rings is 2. The van der Waals surface area contributed by atoms with E-state index in [0.717, 1.165) is 18.1 Å². The van der Waals surface area contributed by atoms with Crippen LogP contribution in [0.1, 0.15) is 5.56 Å². The molecule has 2 aromatic carbocycles. The maximum atomic E-state index is 5.64. The standard InChI is InChI=1S/C19H19IN4O/c20-16-6-4-5-15(13-16)14-23-18-9-10-21-19(24-18)22-11-12-25-17-7-2-1-3-8-17/h1-10,13H,11-12,14H2,(H2,21,22,23,24). The van der Waals surface area contributed by atoms with Crippen LogP contribution in [0.15, 0.2) is 66.9 Å². The van der Waals surface area contributed by atoms with E-state index in [4.69, 9.17) is 4.74 Å². The Balaban J connectivity index is 1.46. The molecular formula is C19H19IN4O. The van der Waals surface area contributed by atoms with Crippen molar-refractivity contribution in [3.05, 3.63) is 76.0 Å². The molecule has 3 rings (SSSR count). The van der Waals surface area contributed by atoms with Crippen LogP contribution in [0.4, 0.5) is 11.8 Å². The first-order valence-electron chi connectivity index (χ1n) is 8.03. The molecule has 2 N–H and O–H groups in total. The van der Waals surface area contributed by atoms with Gasteiger partial charge in [-0.05, 0) is 58.5 Å². The predicted octanol–water partition coefficient (Wildman–Crippen LogP) is 4.18. The van der Waals surface area contributed by atoms with E-state index in [1.807, 2.05) is 36.4 Å². The van der Waals surface area contributed by atoms with Gasteiger partial charge in [-0.15, -0.1) is 0 Å². The first-order valence-corrected chi connectivity index (χ1v) is 9.10. The lowest BCUT2D eigenvalue weighted by Crippen LogP contribution is -2.14. The van der Waals surface area contributed by atoms with E-state index in [0.29, 0.717) is 19.1 Å². The Bertz CT molecular complexity index is 798. The number of nitrogens with zero attached hydrogens (tertiary/aromatic N) is 2. The summed E-state index contributed by atoms with van der Waals surface area (Å²) in [6.45, 7) is 1.91. The summed E-state index contributed by atoms with van der Waals surface area (Å²) < 4.78 is 6.86. The van der Waals surface area contributed by atoms with Crippen LogP contribution in [0.3, 0.4) is 0 Å². The number of ether oxygens (including phenoxy) is 1. The number of halogens is 1. The van der Waals surface area contributed by atoms with Crippen molar-refractivity contribution in [2.24, 2.45) is 0 Å². The fraction of sp³-hybridized carbons (Fsp3) is 0.158. The van der Waals surface area contributed by atoms with Crippen molar-refractivity contribution in [2.75, 3.05) is 23.8 Å². The number of hydrogen-bond acceptors (Lipinski definition) is 5. The molecule has 0 radical (unpaired) electrons. The van der Waals surface area contributed by atoms with Crippen LogP contribution in [0.2, 0.25) is 0 Å². The maximum Gasteiger partial charge on any atom is 0.224 e. The number of anilines is 2. The van der Waals surface area contributed by atoms with Crippen molar-refractivity contribution in [1.29, 1.82) is 0 Å². The third-order valence-electron chi connectivity index (χ3n) is 3.42. The molecule has 3 aromatic rings. The minimum absolute atomic E-state index is 0.549. The molecule has 0 unspecified atom stereocenters. The van der Waals surface area contributed by atoms with Crippen LogP contribution in [0, 0.1) is 3.57 Å².